The molecule has 1 amide bonds. The highest BCUT2D eigenvalue weighted by Gasteiger charge is 2.34. The van der Waals surface area contributed by atoms with Crippen LogP contribution in [0.15, 0.2) is 24.3 Å². The number of halogens is 1. The number of aliphatic hydroxyl groups is 1. The first-order valence-corrected chi connectivity index (χ1v) is 7.95. The number of hydrogen-bond donors (Lipinski definition) is 1. The van der Waals surface area contributed by atoms with E-state index < -0.39 is 23.8 Å². The van der Waals surface area contributed by atoms with Crippen molar-refractivity contribution in [1.82, 2.24) is 4.90 Å². The minimum atomic E-state index is -0.665. The topological polar surface area (TPSA) is 49.8 Å². The third kappa shape index (κ3) is 5.20. The van der Waals surface area contributed by atoms with Crippen molar-refractivity contribution in [2.45, 2.75) is 59.2 Å². The molecule has 1 aromatic carbocycles. The summed E-state index contributed by atoms with van der Waals surface area (Å²) >= 11 is 0. The lowest BCUT2D eigenvalue weighted by atomic mass is 9.99. The Morgan fingerprint density at radius 2 is 1.83 bits per heavy atom. The van der Waals surface area contributed by atoms with Crippen LogP contribution in [0.4, 0.5) is 9.18 Å². The lowest BCUT2D eigenvalue weighted by molar-refractivity contribution is -0.00967. The van der Waals surface area contributed by atoms with Crippen LogP contribution in [0.2, 0.25) is 0 Å². The van der Waals surface area contributed by atoms with Gasteiger partial charge in [-0.05, 0) is 39.7 Å². The Hall–Kier alpha value is -1.62. The van der Waals surface area contributed by atoms with Gasteiger partial charge in [0.25, 0.3) is 0 Å². The van der Waals surface area contributed by atoms with Gasteiger partial charge in [-0.1, -0.05) is 32.0 Å². The molecule has 1 aromatic rings. The molecule has 0 aromatic heterocycles. The Morgan fingerprint density at radius 1 is 1.26 bits per heavy atom. The smallest absolute Gasteiger partial charge is 0.411 e. The fraction of sp³-hybridized carbons (Fsp3) is 0.611. The van der Waals surface area contributed by atoms with Crippen molar-refractivity contribution in [3.8, 4) is 0 Å². The van der Waals surface area contributed by atoms with E-state index in [0.717, 1.165) is 0 Å². The first-order chi connectivity index (χ1) is 10.6. The molecule has 23 heavy (non-hydrogen) atoms. The third-order valence-corrected chi connectivity index (χ3v) is 3.69. The second-order valence-electron chi connectivity index (χ2n) is 7.08. The number of carbonyl (C=O) groups is 1. The predicted molar refractivity (Wildman–Crippen MR) is 88.6 cm³/mol. The Morgan fingerprint density at radius 3 is 2.26 bits per heavy atom. The van der Waals surface area contributed by atoms with Crippen molar-refractivity contribution >= 4 is 6.09 Å². The lowest BCUT2D eigenvalue weighted by Gasteiger charge is -2.38. The molecule has 2 atom stereocenters. The second kappa shape index (κ2) is 7.77. The van der Waals surface area contributed by atoms with Crippen LogP contribution >= 0.6 is 0 Å². The summed E-state index contributed by atoms with van der Waals surface area (Å²) in [5.74, 6) is -0.379. The highest BCUT2D eigenvalue weighted by Crippen LogP contribution is 2.29. The average Bonchev–Trinajstić information content (AvgIpc) is 2.41. The second-order valence-corrected chi connectivity index (χ2v) is 7.08. The summed E-state index contributed by atoms with van der Waals surface area (Å²) in [6.07, 6.45) is -0.555. The molecular formula is C18H28FNO3. The third-order valence-electron chi connectivity index (χ3n) is 3.69. The molecule has 0 saturated heterocycles. The molecule has 1 rings (SSSR count). The van der Waals surface area contributed by atoms with E-state index in [1.54, 1.807) is 45.9 Å². The van der Waals surface area contributed by atoms with E-state index in [1.807, 2.05) is 13.8 Å². The van der Waals surface area contributed by atoms with Gasteiger partial charge in [-0.3, -0.25) is 4.90 Å². The van der Waals surface area contributed by atoms with Gasteiger partial charge in [-0.25, -0.2) is 9.18 Å². The van der Waals surface area contributed by atoms with Gasteiger partial charge < -0.3 is 9.84 Å². The molecule has 0 fully saturated rings. The van der Waals surface area contributed by atoms with E-state index in [9.17, 15) is 14.3 Å². The average molecular weight is 325 g/mol. The van der Waals surface area contributed by atoms with E-state index in [2.05, 4.69) is 0 Å². The summed E-state index contributed by atoms with van der Waals surface area (Å²) < 4.78 is 19.6. The maximum absolute atomic E-state index is 14.1. The Bertz CT molecular complexity index is 525. The number of ether oxygens (including phenoxy) is 1. The van der Waals surface area contributed by atoms with Crippen LogP contribution in [-0.2, 0) is 4.74 Å². The Balaban J connectivity index is 3.23. The predicted octanol–water partition coefficient (Wildman–Crippen LogP) is 4.14. The maximum atomic E-state index is 14.1. The SMILES string of the molecule is CC(C)C(CO)N(C(=O)OC(C)(C)C)C(C)c1ccccc1F. The van der Waals surface area contributed by atoms with Gasteiger partial charge in [0.2, 0.25) is 0 Å². The molecule has 0 spiro atoms. The number of amides is 1. The van der Waals surface area contributed by atoms with Crippen LogP contribution in [0.3, 0.4) is 0 Å². The summed E-state index contributed by atoms with van der Waals surface area (Å²) in [5.41, 5.74) is -0.265. The summed E-state index contributed by atoms with van der Waals surface area (Å²) in [5, 5.41) is 9.74. The van der Waals surface area contributed by atoms with Crippen molar-refractivity contribution in [3.05, 3.63) is 35.6 Å². The summed E-state index contributed by atoms with van der Waals surface area (Å²) in [7, 11) is 0. The molecule has 130 valence electrons. The standard InChI is InChI=1S/C18H28FNO3/c1-12(2)16(11-21)20(17(22)23-18(4,5)6)13(3)14-9-7-8-10-15(14)19/h7-10,12-13,16,21H,11H2,1-6H3. The van der Waals surface area contributed by atoms with Crippen molar-refractivity contribution in [3.63, 3.8) is 0 Å². The molecule has 1 N–H and O–H groups in total. The van der Waals surface area contributed by atoms with Crippen LogP contribution in [0, 0.1) is 11.7 Å². The Kier molecular flexibility index (Phi) is 6.57. The first-order valence-electron chi connectivity index (χ1n) is 7.95. The molecular weight excluding hydrogens is 297 g/mol. The number of rotatable bonds is 5. The van der Waals surface area contributed by atoms with E-state index in [0.29, 0.717) is 5.56 Å². The molecule has 0 saturated carbocycles. The van der Waals surface area contributed by atoms with Gasteiger partial charge >= 0.3 is 6.09 Å². The highest BCUT2D eigenvalue weighted by atomic mass is 19.1. The normalized spacial score (nSPS) is 14.5. The number of nitrogens with zero attached hydrogens (tertiary/aromatic N) is 1. The van der Waals surface area contributed by atoms with E-state index in [-0.39, 0.29) is 18.3 Å². The number of aliphatic hydroxyl groups excluding tert-OH is 1. The fourth-order valence-electron chi connectivity index (χ4n) is 2.48. The molecule has 2 unspecified atom stereocenters. The monoisotopic (exact) mass is 325 g/mol. The van der Waals surface area contributed by atoms with Crippen LogP contribution in [-0.4, -0.2) is 34.3 Å². The zero-order valence-corrected chi connectivity index (χ0v) is 14.8. The van der Waals surface area contributed by atoms with Gasteiger partial charge in [-0.15, -0.1) is 0 Å². The summed E-state index contributed by atoms with van der Waals surface area (Å²) in [6, 6.07) is 5.33. The number of carbonyl (C=O) groups excluding carboxylic acids is 1. The molecule has 0 radical (unpaired) electrons. The van der Waals surface area contributed by atoms with Crippen molar-refractivity contribution in [1.29, 1.82) is 0 Å². The van der Waals surface area contributed by atoms with Gasteiger partial charge in [0.1, 0.15) is 11.4 Å². The minimum Gasteiger partial charge on any atom is -0.444 e. The largest absolute Gasteiger partial charge is 0.444 e. The quantitative estimate of drug-likeness (QED) is 0.885. The van der Waals surface area contributed by atoms with Gasteiger partial charge in [-0.2, -0.15) is 0 Å². The molecule has 0 aliphatic carbocycles. The van der Waals surface area contributed by atoms with Crippen LogP contribution in [0.1, 0.15) is 53.1 Å². The lowest BCUT2D eigenvalue weighted by Crippen LogP contribution is -2.48. The molecule has 0 aliphatic rings. The van der Waals surface area contributed by atoms with Gasteiger partial charge in [0, 0.05) is 5.56 Å². The molecule has 4 nitrogen and oxygen atoms in total. The fourth-order valence-corrected chi connectivity index (χ4v) is 2.48. The van der Waals surface area contributed by atoms with Crippen molar-refractivity contribution in [2.75, 3.05) is 6.61 Å². The van der Waals surface area contributed by atoms with Crippen LogP contribution in [0.5, 0.6) is 0 Å². The zero-order valence-electron chi connectivity index (χ0n) is 14.8. The van der Waals surface area contributed by atoms with Crippen molar-refractivity contribution in [2.24, 2.45) is 5.92 Å². The van der Waals surface area contributed by atoms with E-state index in [1.165, 1.54) is 11.0 Å². The van der Waals surface area contributed by atoms with Gasteiger partial charge in [0.15, 0.2) is 0 Å². The van der Waals surface area contributed by atoms with Crippen molar-refractivity contribution < 1.29 is 19.0 Å². The van der Waals surface area contributed by atoms with E-state index >= 15 is 0 Å². The summed E-state index contributed by atoms with van der Waals surface area (Å²) in [4.78, 5) is 14.1. The zero-order chi connectivity index (χ0) is 17.8. The van der Waals surface area contributed by atoms with Crippen LogP contribution < -0.4 is 0 Å². The van der Waals surface area contributed by atoms with Crippen LogP contribution in [0.25, 0.3) is 0 Å². The molecule has 0 aliphatic heterocycles. The molecule has 0 heterocycles. The maximum Gasteiger partial charge on any atom is 0.411 e. The number of hydrogen-bond acceptors (Lipinski definition) is 3. The number of benzene rings is 1. The molecule has 0 bridgehead atoms. The first kappa shape index (κ1) is 19.4. The Labute approximate surface area is 138 Å². The van der Waals surface area contributed by atoms with E-state index in [4.69, 9.17) is 4.74 Å². The molecule has 5 heteroatoms. The summed E-state index contributed by atoms with van der Waals surface area (Å²) in [6.45, 7) is 10.7. The minimum absolute atomic E-state index is 0.00161. The van der Waals surface area contributed by atoms with Gasteiger partial charge in [0.05, 0.1) is 18.7 Å². The highest BCUT2D eigenvalue weighted by molar-refractivity contribution is 5.69.